The van der Waals surface area contributed by atoms with E-state index in [9.17, 15) is 0 Å². The van der Waals surface area contributed by atoms with E-state index < -0.39 is 0 Å². The first kappa shape index (κ1) is 12.3. The highest BCUT2D eigenvalue weighted by atomic mass is 35.5. The number of rotatable bonds is 3. The van der Waals surface area contributed by atoms with E-state index >= 15 is 0 Å². The minimum absolute atomic E-state index is 0.394. The van der Waals surface area contributed by atoms with E-state index in [1.54, 1.807) is 4.68 Å². The first-order valence-corrected chi connectivity index (χ1v) is 7.09. The molecule has 5 heteroatoms. The van der Waals surface area contributed by atoms with Crippen molar-refractivity contribution in [3.63, 3.8) is 0 Å². The van der Waals surface area contributed by atoms with Gasteiger partial charge in [0.2, 0.25) is 0 Å². The summed E-state index contributed by atoms with van der Waals surface area (Å²) in [5.74, 6) is 0.919. The fourth-order valence-electron chi connectivity index (χ4n) is 2.03. The highest BCUT2D eigenvalue weighted by Crippen LogP contribution is 2.43. The van der Waals surface area contributed by atoms with E-state index in [1.165, 1.54) is 12.8 Å². The molecule has 18 heavy (non-hydrogen) atoms. The van der Waals surface area contributed by atoms with E-state index in [2.05, 4.69) is 5.10 Å². The van der Waals surface area contributed by atoms with Crippen LogP contribution in [0, 0.1) is 0 Å². The van der Waals surface area contributed by atoms with E-state index in [-0.39, 0.29) is 0 Å². The summed E-state index contributed by atoms with van der Waals surface area (Å²) in [7, 11) is 0. The molecule has 1 aliphatic carbocycles. The topological polar surface area (TPSA) is 17.8 Å². The molecule has 0 N–H and O–H groups in total. The summed E-state index contributed by atoms with van der Waals surface area (Å²) in [5, 5.41) is 5.85. The number of alkyl halides is 1. The third kappa shape index (κ3) is 2.13. The van der Waals surface area contributed by atoms with Gasteiger partial charge in [0.25, 0.3) is 0 Å². The van der Waals surface area contributed by atoms with Gasteiger partial charge in [-0.25, -0.2) is 4.68 Å². The Kier molecular flexibility index (Phi) is 3.27. The van der Waals surface area contributed by atoms with Gasteiger partial charge in [-0.15, -0.1) is 11.6 Å². The molecule has 1 aromatic carbocycles. The fourth-order valence-corrected chi connectivity index (χ4v) is 2.85. The van der Waals surface area contributed by atoms with E-state index in [0.29, 0.717) is 22.0 Å². The van der Waals surface area contributed by atoms with Crippen LogP contribution in [-0.2, 0) is 5.88 Å². The predicted octanol–water partition coefficient (Wildman–Crippen LogP) is 4.80. The lowest BCUT2D eigenvalue weighted by Gasteiger charge is -2.03. The van der Waals surface area contributed by atoms with Crippen LogP contribution in [0.4, 0.5) is 0 Å². The van der Waals surface area contributed by atoms with Gasteiger partial charge in [-0.3, -0.25) is 0 Å². The van der Waals surface area contributed by atoms with Gasteiger partial charge in [0.05, 0.1) is 17.3 Å². The van der Waals surface area contributed by atoms with Gasteiger partial charge in [0, 0.05) is 16.5 Å². The smallest absolute Gasteiger partial charge is 0.137 e. The molecule has 0 spiro atoms. The van der Waals surface area contributed by atoms with Crippen LogP contribution in [-0.4, -0.2) is 9.78 Å². The molecule has 1 aromatic heterocycles. The van der Waals surface area contributed by atoms with Gasteiger partial charge in [0.1, 0.15) is 5.15 Å². The average Bonchev–Trinajstić information content (AvgIpc) is 3.13. The molecule has 0 saturated heterocycles. The van der Waals surface area contributed by atoms with Crippen LogP contribution in [0.5, 0.6) is 0 Å². The summed E-state index contributed by atoms with van der Waals surface area (Å²) in [5.41, 5.74) is 2.85. The Hall–Kier alpha value is -0.700. The maximum absolute atomic E-state index is 6.36. The lowest BCUT2D eigenvalue weighted by molar-refractivity contribution is 0.837. The highest BCUT2D eigenvalue weighted by Gasteiger charge is 2.31. The Bertz CT molecular complexity index is 588. The lowest BCUT2D eigenvalue weighted by atomic mass is 10.2. The summed E-state index contributed by atoms with van der Waals surface area (Å²) in [6, 6.07) is 7.48. The van der Waals surface area contributed by atoms with Crippen molar-refractivity contribution in [2.75, 3.05) is 0 Å². The third-order valence-electron chi connectivity index (χ3n) is 3.10. The first-order valence-electron chi connectivity index (χ1n) is 5.80. The minimum atomic E-state index is 0.394. The number of benzene rings is 1. The van der Waals surface area contributed by atoms with E-state index in [0.717, 1.165) is 16.9 Å². The van der Waals surface area contributed by atoms with Gasteiger partial charge in [0.15, 0.2) is 0 Å². The predicted molar refractivity (Wildman–Crippen MR) is 75.1 cm³/mol. The van der Waals surface area contributed by atoms with Gasteiger partial charge >= 0.3 is 0 Å². The molecular formula is C13H11Cl3N2. The van der Waals surface area contributed by atoms with E-state index in [4.69, 9.17) is 34.8 Å². The van der Waals surface area contributed by atoms with Crippen molar-refractivity contribution in [3.8, 4) is 5.69 Å². The van der Waals surface area contributed by atoms with Crippen LogP contribution < -0.4 is 0 Å². The Morgan fingerprint density at radius 1 is 1.28 bits per heavy atom. The zero-order chi connectivity index (χ0) is 12.7. The second-order valence-electron chi connectivity index (χ2n) is 4.45. The largest absolute Gasteiger partial charge is 0.222 e. The minimum Gasteiger partial charge on any atom is -0.222 e. The van der Waals surface area contributed by atoms with Crippen molar-refractivity contribution in [1.29, 1.82) is 0 Å². The molecule has 0 amide bonds. The van der Waals surface area contributed by atoms with Gasteiger partial charge < -0.3 is 0 Å². The lowest BCUT2D eigenvalue weighted by Crippen LogP contribution is -1.96. The van der Waals surface area contributed by atoms with Crippen molar-refractivity contribution in [1.82, 2.24) is 9.78 Å². The molecule has 2 nitrogen and oxygen atoms in total. The second kappa shape index (κ2) is 4.76. The molecule has 0 unspecified atom stereocenters. The molecule has 0 bridgehead atoms. The van der Waals surface area contributed by atoms with E-state index in [1.807, 2.05) is 24.3 Å². The average molecular weight is 302 g/mol. The SMILES string of the molecule is ClCc1c(C2CC2)nn(-c2cccc(Cl)c2)c1Cl. The zero-order valence-corrected chi connectivity index (χ0v) is 11.8. The highest BCUT2D eigenvalue weighted by molar-refractivity contribution is 6.32. The Morgan fingerprint density at radius 3 is 2.67 bits per heavy atom. The van der Waals surface area contributed by atoms with Crippen LogP contribution in [0.2, 0.25) is 10.2 Å². The molecule has 2 aromatic rings. The summed E-state index contributed by atoms with van der Waals surface area (Å²) < 4.78 is 1.72. The Labute approximate surface area is 120 Å². The molecule has 94 valence electrons. The molecule has 1 heterocycles. The summed E-state index contributed by atoms with van der Waals surface area (Å²) in [4.78, 5) is 0. The second-order valence-corrected chi connectivity index (χ2v) is 5.52. The Morgan fingerprint density at radius 2 is 2.06 bits per heavy atom. The first-order chi connectivity index (χ1) is 8.70. The molecule has 0 radical (unpaired) electrons. The van der Waals surface area contributed by atoms with Crippen molar-refractivity contribution in [2.24, 2.45) is 0 Å². The fraction of sp³-hybridized carbons (Fsp3) is 0.308. The van der Waals surface area contributed by atoms with Crippen LogP contribution in [0.3, 0.4) is 0 Å². The molecule has 0 atom stereocenters. The number of hydrogen-bond donors (Lipinski definition) is 0. The van der Waals surface area contributed by atoms with Crippen LogP contribution in [0.25, 0.3) is 5.69 Å². The number of halogens is 3. The summed E-state index contributed by atoms with van der Waals surface area (Å²) in [6.45, 7) is 0. The van der Waals surface area contributed by atoms with Crippen LogP contribution >= 0.6 is 34.8 Å². The van der Waals surface area contributed by atoms with Crippen LogP contribution in [0.15, 0.2) is 24.3 Å². The van der Waals surface area contributed by atoms with Gasteiger partial charge in [-0.2, -0.15) is 5.10 Å². The van der Waals surface area contributed by atoms with Crippen molar-refractivity contribution in [3.05, 3.63) is 45.7 Å². The van der Waals surface area contributed by atoms with Crippen LogP contribution in [0.1, 0.15) is 30.0 Å². The number of nitrogens with zero attached hydrogens (tertiary/aromatic N) is 2. The number of hydrogen-bond acceptors (Lipinski definition) is 1. The summed E-state index contributed by atoms with van der Waals surface area (Å²) in [6.07, 6.45) is 2.35. The quantitative estimate of drug-likeness (QED) is 0.745. The maximum atomic E-state index is 6.36. The third-order valence-corrected chi connectivity index (χ3v) is 3.99. The maximum Gasteiger partial charge on any atom is 0.137 e. The molecule has 0 aliphatic heterocycles. The normalized spacial score (nSPS) is 15.1. The van der Waals surface area contributed by atoms with Crippen molar-refractivity contribution in [2.45, 2.75) is 24.6 Å². The molecule has 1 fully saturated rings. The van der Waals surface area contributed by atoms with Gasteiger partial charge in [-0.1, -0.05) is 29.3 Å². The molecule has 1 aliphatic rings. The van der Waals surface area contributed by atoms with Crippen molar-refractivity contribution >= 4 is 34.8 Å². The Balaban J connectivity index is 2.12. The monoisotopic (exact) mass is 300 g/mol. The standard InChI is InChI=1S/C13H11Cl3N2/c14-7-11-12(8-4-5-8)17-18(13(11)16)10-3-1-2-9(15)6-10/h1-3,6,8H,4-5,7H2. The summed E-state index contributed by atoms with van der Waals surface area (Å²) >= 11 is 18.3. The zero-order valence-electron chi connectivity index (χ0n) is 9.54. The van der Waals surface area contributed by atoms with Crippen molar-refractivity contribution < 1.29 is 0 Å². The molecule has 3 rings (SSSR count). The molecule has 1 saturated carbocycles. The number of aromatic nitrogens is 2. The van der Waals surface area contributed by atoms with Gasteiger partial charge in [-0.05, 0) is 31.0 Å². The molecular weight excluding hydrogens is 291 g/mol.